The number of ether oxygens (including phenoxy) is 1. The third-order valence-corrected chi connectivity index (χ3v) is 5.00. The summed E-state index contributed by atoms with van der Waals surface area (Å²) in [6, 6.07) is 6.63. The van der Waals surface area contributed by atoms with Crippen LogP contribution >= 0.6 is 0 Å². The zero-order valence-corrected chi connectivity index (χ0v) is 16.0. The van der Waals surface area contributed by atoms with Gasteiger partial charge in [-0.3, -0.25) is 9.48 Å². The quantitative estimate of drug-likeness (QED) is 0.653. The Morgan fingerprint density at radius 3 is 2.79 bits per heavy atom. The highest BCUT2D eigenvalue weighted by Crippen LogP contribution is 2.33. The molecule has 0 saturated heterocycles. The van der Waals surface area contributed by atoms with E-state index in [1.54, 1.807) is 22.9 Å². The minimum atomic E-state index is -0.553. The number of aromatic nitrogens is 4. The van der Waals surface area contributed by atoms with Gasteiger partial charge in [-0.2, -0.15) is 5.10 Å². The normalized spacial score (nSPS) is 12.8. The first kappa shape index (κ1) is 18.9. The third kappa shape index (κ3) is 3.51. The number of amides is 1. The number of nitrogens with two attached hydrogens (primary N) is 2. The first-order valence-electron chi connectivity index (χ1n) is 9.29. The summed E-state index contributed by atoms with van der Waals surface area (Å²) in [4.78, 5) is 20.2. The highest BCUT2D eigenvalue weighted by molar-refractivity contribution is 5.78. The number of hydrogen-bond donors (Lipinski definition) is 2. The SMILES string of the molecule is COc1c(N)nc(-c2nn(Cc3ccccc3F)c3c2CCC3)nc1CC(N)=O. The van der Waals surface area contributed by atoms with E-state index in [9.17, 15) is 9.18 Å². The lowest BCUT2D eigenvalue weighted by molar-refractivity contribution is -0.117. The fourth-order valence-electron chi connectivity index (χ4n) is 3.74. The Balaban J connectivity index is 1.79. The first-order chi connectivity index (χ1) is 14.0. The van der Waals surface area contributed by atoms with Crippen LogP contribution in [0.1, 0.15) is 28.9 Å². The third-order valence-electron chi connectivity index (χ3n) is 5.00. The van der Waals surface area contributed by atoms with Gasteiger partial charge < -0.3 is 16.2 Å². The van der Waals surface area contributed by atoms with Gasteiger partial charge in [-0.25, -0.2) is 14.4 Å². The minimum Gasteiger partial charge on any atom is -0.491 e. The van der Waals surface area contributed by atoms with Crippen molar-refractivity contribution < 1.29 is 13.9 Å². The van der Waals surface area contributed by atoms with Crippen LogP contribution in [-0.2, 0) is 30.6 Å². The fraction of sp³-hybridized carbons (Fsp3) is 0.300. The maximum absolute atomic E-state index is 14.1. The molecule has 0 unspecified atom stereocenters. The second-order valence-corrected chi connectivity index (χ2v) is 6.93. The van der Waals surface area contributed by atoms with Gasteiger partial charge in [-0.15, -0.1) is 0 Å². The van der Waals surface area contributed by atoms with Crippen molar-refractivity contribution in [3.63, 3.8) is 0 Å². The number of anilines is 1. The summed E-state index contributed by atoms with van der Waals surface area (Å²) < 4.78 is 21.2. The summed E-state index contributed by atoms with van der Waals surface area (Å²) >= 11 is 0. The highest BCUT2D eigenvalue weighted by atomic mass is 19.1. The number of fused-ring (bicyclic) bond motifs is 1. The summed E-state index contributed by atoms with van der Waals surface area (Å²) in [5.41, 5.74) is 14.9. The number of halogens is 1. The van der Waals surface area contributed by atoms with Crippen molar-refractivity contribution in [3.8, 4) is 17.3 Å². The molecule has 4 rings (SSSR count). The van der Waals surface area contributed by atoms with E-state index in [4.69, 9.17) is 16.2 Å². The topological polar surface area (TPSA) is 122 Å². The van der Waals surface area contributed by atoms with Gasteiger partial charge in [-0.05, 0) is 25.3 Å². The molecule has 8 nitrogen and oxygen atoms in total. The zero-order chi connectivity index (χ0) is 20.5. The van der Waals surface area contributed by atoms with E-state index in [0.717, 1.165) is 30.5 Å². The molecule has 1 aromatic carbocycles. The van der Waals surface area contributed by atoms with E-state index < -0.39 is 5.91 Å². The standard InChI is InChI=1S/C20H21FN6O2/c1-29-18-14(9-16(22)28)24-20(25-19(18)23)17-12-6-4-8-15(12)27(26-17)10-11-5-2-3-7-13(11)21/h2-3,5,7H,4,6,8-10H2,1H3,(H2,22,28)(H2,23,24,25). The number of nitrogens with zero attached hydrogens (tertiary/aromatic N) is 4. The van der Waals surface area contributed by atoms with Crippen molar-refractivity contribution in [2.45, 2.75) is 32.2 Å². The van der Waals surface area contributed by atoms with E-state index in [0.29, 0.717) is 29.3 Å². The maximum Gasteiger partial charge on any atom is 0.223 e. The Morgan fingerprint density at radius 2 is 2.07 bits per heavy atom. The Morgan fingerprint density at radius 1 is 1.28 bits per heavy atom. The van der Waals surface area contributed by atoms with Gasteiger partial charge in [0.25, 0.3) is 0 Å². The lowest BCUT2D eigenvalue weighted by Gasteiger charge is -2.10. The molecule has 0 bridgehead atoms. The number of benzene rings is 1. The summed E-state index contributed by atoms with van der Waals surface area (Å²) in [6.07, 6.45) is 2.51. The number of rotatable bonds is 6. The fourth-order valence-corrected chi connectivity index (χ4v) is 3.74. The van der Waals surface area contributed by atoms with E-state index in [-0.39, 0.29) is 23.8 Å². The van der Waals surface area contributed by atoms with Gasteiger partial charge >= 0.3 is 0 Å². The highest BCUT2D eigenvalue weighted by Gasteiger charge is 2.27. The van der Waals surface area contributed by atoms with Gasteiger partial charge in [0.05, 0.1) is 25.8 Å². The monoisotopic (exact) mass is 396 g/mol. The Bertz CT molecular complexity index is 1090. The summed E-state index contributed by atoms with van der Waals surface area (Å²) in [5, 5.41) is 4.67. The predicted molar refractivity (Wildman–Crippen MR) is 105 cm³/mol. The van der Waals surface area contributed by atoms with E-state index in [2.05, 4.69) is 15.1 Å². The molecule has 150 valence electrons. The van der Waals surface area contributed by atoms with Gasteiger partial charge in [0.15, 0.2) is 17.4 Å². The molecular weight excluding hydrogens is 375 g/mol. The van der Waals surface area contributed by atoms with Crippen LogP contribution in [0.4, 0.5) is 10.2 Å². The van der Waals surface area contributed by atoms with Gasteiger partial charge in [0.1, 0.15) is 11.5 Å². The van der Waals surface area contributed by atoms with Crippen molar-refractivity contribution in [2.75, 3.05) is 12.8 Å². The lowest BCUT2D eigenvalue weighted by Crippen LogP contribution is -2.17. The number of carbonyl (C=O) groups excluding carboxylic acids is 1. The molecule has 1 amide bonds. The molecule has 0 spiro atoms. The largest absolute Gasteiger partial charge is 0.491 e. The second kappa shape index (κ2) is 7.50. The molecule has 0 aliphatic heterocycles. The zero-order valence-electron chi connectivity index (χ0n) is 16.0. The molecule has 0 fully saturated rings. The van der Waals surface area contributed by atoms with Crippen molar-refractivity contribution in [2.24, 2.45) is 5.73 Å². The molecule has 2 heterocycles. The molecule has 0 atom stereocenters. The number of hydrogen-bond acceptors (Lipinski definition) is 6. The molecule has 3 aromatic rings. The molecule has 29 heavy (non-hydrogen) atoms. The van der Waals surface area contributed by atoms with Crippen LogP contribution < -0.4 is 16.2 Å². The summed E-state index contributed by atoms with van der Waals surface area (Å²) in [7, 11) is 1.43. The van der Waals surface area contributed by atoms with Crippen molar-refractivity contribution in [3.05, 3.63) is 52.6 Å². The number of carbonyl (C=O) groups is 1. The minimum absolute atomic E-state index is 0.115. The number of nitrogen functional groups attached to an aromatic ring is 1. The van der Waals surface area contributed by atoms with Crippen LogP contribution in [0.5, 0.6) is 5.75 Å². The van der Waals surface area contributed by atoms with Crippen LogP contribution in [0, 0.1) is 5.82 Å². The average Bonchev–Trinajstić information content (AvgIpc) is 3.26. The number of methoxy groups -OCH3 is 1. The van der Waals surface area contributed by atoms with Crippen LogP contribution in [-0.4, -0.2) is 32.8 Å². The van der Waals surface area contributed by atoms with Crippen LogP contribution in [0.2, 0.25) is 0 Å². The van der Waals surface area contributed by atoms with Gasteiger partial charge in [0, 0.05) is 16.8 Å². The molecule has 0 radical (unpaired) electrons. The predicted octanol–water partition coefficient (Wildman–Crippen LogP) is 1.63. The Kier molecular flexibility index (Phi) is 4.87. The summed E-state index contributed by atoms with van der Waals surface area (Å²) in [5.74, 6) is -0.170. The Hall–Kier alpha value is -3.49. The van der Waals surface area contributed by atoms with Crippen molar-refractivity contribution >= 4 is 11.7 Å². The molecule has 4 N–H and O–H groups in total. The molecule has 2 aromatic heterocycles. The molecule has 1 aliphatic carbocycles. The van der Waals surface area contributed by atoms with Crippen molar-refractivity contribution in [1.82, 2.24) is 19.7 Å². The molecule has 0 saturated carbocycles. The van der Waals surface area contributed by atoms with E-state index in [1.165, 1.54) is 13.2 Å². The van der Waals surface area contributed by atoms with Crippen LogP contribution in [0.3, 0.4) is 0 Å². The van der Waals surface area contributed by atoms with Gasteiger partial charge in [-0.1, -0.05) is 18.2 Å². The molecule has 1 aliphatic rings. The molecular formula is C20H21FN6O2. The molecule has 9 heteroatoms. The van der Waals surface area contributed by atoms with Crippen LogP contribution in [0.25, 0.3) is 11.5 Å². The number of primary amides is 1. The van der Waals surface area contributed by atoms with Gasteiger partial charge in [0.2, 0.25) is 5.91 Å². The maximum atomic E-state index is 14.1. The van der Waals surface area contributed by atoms with E-state index >= 15 is 0 Å². The van der Waals surface area contributed by atoms with Crippen LogP contribution in [0.15, 0.2) is 24.3 Å². The second-order valence-electron chi connectivity index (χ2n) is 6.93. The average molecular weight is 396 g/mol. The van der Waals surface area contributed by atoms with E-state index in [1.807, 2.05) is 0 Å². The van der Waals surface area contributed by atoms with Crippen molar-refractivity contribution in [1.29, 1.82) is 0 Å². The summed E-state index contributed by atoms with van der Waals surface area (Å²) in [6.45, 7) is 0.314. The first-order valence-corrected chi connectivity index (χ1v) is 9.29. The Labute approximate surface area is 166 Å². The smallest absolute Gasteiger partial charge is 0.223 e. The lowest BCUT2D eigenvalue weighted by atomic mass is 10.1.